The lowest BCUT2D eigenvalue weighted by atomic mass is 9.70. The van der Waals surface area contributed by atoms with Crippen LogP contribution < -0.4 is 0 Å². The summed E-state index contributed by atoms with van der Waals surface area (Å²) in [6, 6.07) is 14.7. The van der Waals surface area contributed by atoms with Crippen LogP contribution in [0.25, 0.3) is 11.1 Å². The second kappa shape index (κ2) is 12.8. The molecule has 0 aromatic heterocycles. The zero-order valence-corrected chi connectivity index (χ0v) is 22.4. The fourth-order valence-corrected chi connectivity index (χ4v) is 6.06. The van der Waals surface area contributed by atoms with Crippen LogP contribution in [-0.4, -0.2) is 0 Å². The molecule has 0 saturated carbocycles. The number of unbranched alkanes of at least 4 members (excludes halogenated alkanes) is 10. The standard InChI is InChI=1S/C33H50/c1-6-8-10-12-14-16-22-33(23-17-15-13-11-9-7-2)31-24-27(5)18-20-29(31)30-21-19-28(26(3)4)25-32(30)33/h18-21,24-26H,6-17,22-23H2,1-5H3. The molecule has 3 rings (SSSR count). The average Bonchev–Trinajstić information content (AvgIpc) is 3.07. The third kappa shape index (κ3) is 6.32. The van der Waals surface area contributed by atoms with E-state index in [1.54, 1.807) is 11.1 Å². The molecule has 33 heavy (non-hydrogen) atoms. The van der Waals surface area contributed by atoms with Crippen molar-refractivity contribution < 1.29 is 0 Å². The SMILES string of the molecule is CCCCCCCCC1(CCCCCCCC)c2cc(C)ccc2-c2ccc(C(C)C)cc21. The Hall–Kier alpha value is -1.56. The van der Waals surface area contributed by atoms with E-state index in [4.69, 9.17) is 0 Å². The Morgan fingerprint density at radius 1 is 0.606 bits per heavy atom. The van der Waals surface area contributed by atoms with Gasteiger partial charge >= 0.3 is 0 Å². The van der Waals surface area contributed by atoms with Crippen molar-refractivity contribution in [3.63, 3.8) is 0 Å². The first-order chi connectivity index (χ1) is 16.0. The molecule has 0 unspecified atom stereocenters. The van der Waals surface area contributed by atoms with Crippen LogP contribution >= 0.6 is 0 Å². The lowest BCUT2D eigenvalue weighted by molar-refractivity contribution is 0.397. The second-order valence-electron chi connectivity index (χ2n) is 11.1. The molecule has 0 aliphatic heterocycles. The molecule has 0 atom stereocenters. The molecule has 2 aromatic rings. The van der Waals surface area contributed by atoms with E-state index < -0.39 is 0 Å². The lowest BCUT2D eigenvalue weighted by Gasteiger charge is -2.33. The molecule has 1 aliphatic rings. The average molecular weight is 447 g/mol. The minimum atomic E-state index is 0.219. The topological polar surface area (TPSA) is 0 Å². The highest BCUT2D eigenvalue weighted by Gasteiger charge is 2.42. The first-order valence-electron chi connectivity index (χ1n) is 14.3. The van der Waals surface area contributed by atoms with Crippen LogP contribution in [0.5, 0.6) is 0 Å². The molecule has 1 aliphatic carbocycles. The van der Waals surface area contributed by atoms with Crippen LogP contribution in [-0.2, 0) is 5.41 Å². The lowest BCUT2D eigenvalue weighted by Crippen LogP contribution is -2.26. The number of hydrogen-bond acceptors (Lipinski definition) is 0. The molecule has 0 saturated heterocycles. The zero-order chi connectivity index (χ0) is 23.7. The summed E-state index contributed by atoms with van der Waals surface area (Å²) in [4.78, 5) is 0. The van der Waals surface area contributed by atoms with Crippen LogP contribution in [0.4, 0.5) is 0 Å². The van der Waals surface area contributed by atoms with Crippen LogP contribution in [0.1, 0.15) is 146 Å². The van der Waals surface area contributed by atoms with Gasteiger partial charge in [-0.25, -0.2) is 0 Å². The van der Waals surface area contributed by atoms with E-state index in [-0.39, 0.29) is 5.41 Å². The molecule has 0 nitrogen and oxygen atoms in total. The third-order valence-electron chi connectivity index (χ3n) is 8.12. The van der Waals surface area contributed by atoms with Crippen LogP contribution in [0.2, 0.25) is 0 Å². The molecular weight excluding hydrogens is 396 g/mol. The molecular formula is C33H50. The molecule has 0 heterocycles. The van der Waals surface area contributed by atoms with Gasteiger partial charge in [0, 0.05) is 5.41 Å². The van der Waals surface area contributed by atoms with Gasteiger partial charge in [-0.2, -0.15) is 0 Å². The summed E-state index contributed by atoms with van der Waals surface area (Å²) < 4.78 is 0. The van der Waals surface area contributed by atoms with Crippen LogP contribution in [0.3, 0.4) is 0 Å². The second-order valence-corrected chi connectivity index (χ2v) is 11.1. The van der Waals surface area contributed by atoms with E-state index in [1.807, 2.05) is 0 Å². The van der Waals surface area contributed by atoms with Crippen molar-refractivity contribution in [2.24, 2.45) is 0 Å². The van der Waals surface area contributed by atoms with Gasteiger partial charge in [-0.05, 0) is 53.5 Å². The Labute approximate surface area is 205 Å². The van der Waals surface area contributed by atoms with Gasteiger partial charge in [0.2, 0.25) is 0 Å². The number of fused-ring (bicyclic) bond motifs is 3. The van der Waals surface area contributed by atoms with Crippen molar-refractivity contribution in [3.05, 3.63) is 58.7 Å². The maximum absolute atomic E-state index is 2.60. The van der Waals surface area contributed by atoms with E-state index in [1.165, 1.54) is 112 Å². The Bertz CT molecular complexity index is 840. The number of benzene rings is 2. The van der Waals surface area contributed by atoms with Gasteiger partial charge in [0.1, 0.15) is 0 Å². The van der Waals surface area contributed by atoms with Gasteiger partial charge in [-0.1, -0.05) is 147 Å². The van der Waals surface area contributed by atoms with Gasteiger partial charge in [-0.3, -0.25) is 0 Å². The van der Waals surface area contributed by atoms with E-state index in [0.29, 0.717) is 5.92 Å². The summed E-state index contributed by atoms with van der Waals surface area (Å²) in [5.74, 6) is 0.585. The molecule has 0 amide bonds. The molecule has 0 N–H and O–H groups in total. The first-order valence-corrected chi connectivity index (χ1v) is 14.3. The molecule has 0 bridgehead atoms. The maximum Gasteiger partial charge on any atom is 0.0215 e. The summed E-state index contributed by atoms with van der Waals surface area (Å²) in [5.41, 5.74) is 9.47. The van der Waals surface area contributed by atoms with Gasteiger partial charge in [0.05, 0.1) is 0 Å². The molecule has 0 heteroatoms. The minimum absolute atomic E-state index is 0.219. The van der Waals surface area contributed by atoms with Gasteiger partial charge in [0.15, 0.2) is 0 Å². The Kier molecular flexibility index (Phi) is 10.1. The summed E-state index contributed by atoms with van der Waals surface area (Å²) in [7, 11) is 0. The molecule has 2 aromatic carbocycles. The maximum atomic E-state index is 2.60. The summed E-state index contributed by atoms with van der Waals surface area (Å²) in [6.07, 6.45) is 19.2. The number of aryl methyl sites for hydroxylation is 1. The fourth-order valence-electron chi connectivity index (χ4n) is 6.06. The fraction of sp³-hybridized carbons (Fsp3) is 0.636. The molecule has 0 spiro atoms. The first kappa shape index (κ1) is 26.1. The highest BCUT2D eigenvalue weighted by Crippen LogP contribution is 2.55. The van der Waals surface area contributed by atoms with Crippen molar-refractivity contribution in [2.75, 3.05) is 0 Å². The zero-order valence-electron chi connectivity index (χ0n) is 22.4. The monoisotopic (exact) mass is 446 g/mol. The predicted octanol–water partition coefficient (Wildman–Crippen LogP) is 10.9. The van der Waals surface area contributed by atoms with Gasteiger partial charge in [-0.15, -0.1) is 0 Å². The molecule has 182 valence electrons. The van der Waals surface area contributed by atoms with Crippen molar-refractivity contribution in [3.8, 4) is 11.1 Å². The summed E-state index contributed by atoms with van der Waals surface area (Å²) in [5, 5.41) is 0. The Morgan fingerprint density at radius 2 is 1.09 bits per heavy atom. The van der Waals surface area contributed by atoms with Crippen molar-refractivity contribution in [1.82, 2.24) is 0 Å². The highest BCUT2D eigenvalue weighted by molar-refractivity contribution is 5.81. The molecule has 0 fully saturated rings. The smallest absolute Gasteiger partial charge is 0.0215 e. The van der Waals surface area contributed by atoms with E-state index >= 15 is 0 Å². The predicted molar refractivity (Wildman–Crippen MR) is 147 cm³/mol. The number of hydrogen-bond donors (Lipinski definition) is 0. The van der Waals surface area contributed by atoms with Gasteiger partial charge in [0.25, 0.3) is 0 Å². The summed E-state index contributed by atoms with van der Waals surface area (Å²) in [6.45, 7) is 11.6. The van der Waals surface area contributed by atoms with E-state index in [2.05, 4.69) is 71.0 Å². The Morgan fingerprint density at radius 3 is 1.64 bits per heavy atom. The third-order valence-corrected chi connectivity index (χ3v) is 8.12. The normalized spacial score (nSPS) is 14.0. The van der Waals surface area contributed by atoms with Crippen molar-refractivity contribution >= 4 is 0 Å². The van der Waals surface area contributed by atoms with E-state index in [0.717, 1.165) is 0 Å². The van der Waals surface area contributed by atoms with E-state index in [9.17, 15) is 0 Å². The molecule has 0 radical (unpaired) electrons. The van der Waals surface area contributed by atoms with Gasteiger partial charge < -0.3 is 0 Å². The van der Waals surface area contributed by atoms with Crippen molar-refractivity contribution in [2.45, 2.75) is 136 Å². The minimum Gasteiger partial charge on any atom is -0.0654 e. The highest BCUT2D eigenvalue weighted by atomic mass is 14.4. The Balaban J connectivity index is 1.91. The van der Waals surface area contributed by atoms with Crippen molar-refractivity contribution in [1.29, 1.82) is 0 Å². The van der Waals surface area contributed by atoms with Crippen LogP contribution in [0, 0.1) is 6.92 Å². The quantitative estimate of drug-likeness (QED) is 0.239. The largest absolute Gasteiger partial charge is 0.0654 e. The number of rotatable bonds is 15. The summed E-state index contributed by atoms with van der Waals surface area (Å²) >= 11 is 0. The van der Waals surface area contributed by atoms with Crippen LogP contribution in [0.15, 0.2) is 36.4 Å².